The van der Waals surface area contributed by atoms with Gasteiger partial charge in [-0.15, -0.1) is 0 Å². The zero-order valence-electron chi connectivity index (χ0n) is 18.8. The van der Waals surface area contributed by atoms with Gasteiger partial charge in [0.1, 0.15) is 6.17 Å². The van der Waals surface area contributed by atoms with Crippen molar-refractivity contribution in [2.75, 3.05) is 13.7 Å². The van der Waals surface area contributed by atoms with Gasteiger partial charge < -0.3 is 10.1 Å². The molecule has 2 aromatic rings. The van der Waals surface area contributed by atoms with E-state index in [2.05, 4.69) is 5.32 Å². The summed E-state index contributed by atoms with van der Waals surface area (Å²) in [6.07, 6.45) is 1.10. The summed E-state index contributed by atoms with van der Waals surface area (Å²) in [5.74, 6) is -0.243. The van der Waals surface area contributed by atoms with Crippen molar-refractivity contribution in [3.8, 4) is 0 Å². The van der Waals surface area contributed by atoms with E-state index in [1.807, 2.05) is 6.92 Å². The lowest BCUT2D eigenvalue weighted by molar-refractivity contribution is 0.0905. The second-order valence-corrected chi connectivity index (χ2v) is 10.7. The van der Waals surface area contributed by atoms with Gasteiger partial charge in [-0.05, 0) is 61.7 Å². The minimum atomic E-state index is -3.96. The molecule has 0 aliphatic heterocycles. The van der Waals surface area contributed by atoms with E-state index in [4.69, 9.17) is 16.3 Å². The Bertz CT molecular complexity index is 1030. The minimum absolute atomic E-state index is 0.0119. The first kappa shape index (κ1) is 25.6. The Morgan fingerprint density at radius 2 is 1.79 bits per heavy atom. The highest BCUT2D eigenvalue weighted by molar-refractivity contribution is 7.89. The molecule has 3 rings (SSSR count). The number of amides is 1. The number of methoxy groups -OCH3 is 1. The van der Waals surface area contributed by atoms with E-state index in [1.54, 1.807) is 31.4 Å². The van der Waals surface area contributed by atoms with Crippen LogP contribution >= 0.6 is 11.6 Å². The van der Waals surface area contributed by atoms with Crippen LogP contribution in [0.25, 0.3) is 0 Å². The number of hydrogen-bond acceptors (Lipinski definition) is 4. The number of rotatable bonds is 9. The predicted molar refractivity (Wildman–Crippen MR) is 127 cm³/mol. The molecule has 3 atom stereocenters. The van der Waals surface area contributed by atoms with Crippen LogP contribution in [-0.2, 0) is 21.3 Å². The van der Waals surface area contributed by atoms with E-state index in [1.165, 1.54) is 28.6 Å². The van der Waals surface area contributed by atoms with Crippen LogP contribution in [0.2, 0.25) is 5.02 Å². The molecule has 0 heterocycles. The molecule has 1 saturated carbocycles. The quantitative estimate of drug-likeness (QED) is 0.551. The smallest absolute Gasteiger partial charge is 0.251 e. The molecule has 0 spiro atoms. The number of nitrogens with one attached hydrogen (secondary N) is 1. The number of carbonyl (C=O) groups is 1. The molecule has 1 aliphatic carbocycles. The van der Waals surface area contributed by atoms with Crippen LogP contribution in [0.4, 0.5) is 4.39 Å². The summed E-state index contributed by atoms with van der Waals surface area (Å²) in [6.45, 7) is 2.25. The lowest BCUT2D eigenvalue weighted by Crippen LogP contribution is -2.46. The lowest BCUT2D eigenvalue weighted by atomic mass is 9.93. The van der Waals surface area contributed by atoms with Crippen molar-refractivity contribution in [3.63, 3.8) is 0 Å². The third-order valence-electron chi connectivity index (χ3n) is 5.79. The van der Waals surface area contributed by atoms with Gasteiger partial charge in [0.05, 0.1) is 17.5 Å². The van der Waals surface area contributed by atoms with Crippen LogP contribution in [0.1, 0.15) is 48.5 Å². The molecular formula is C24H30ClFN2O4S. The van der Waals surface area contributed by atoms with E-state index < -0.39 is 22.2 Å². The third kappa shape index (κ3) is 6.53. The van der Waals surface area contributed by atoms with Crippen LogP contribution in [0.15, 0.2) is 53.4 Å². The van der Waals surface area contributed by atoms with Gasteiger partial charge in [0.25, 0.3) is 5.91 Å². The van der Waals surface area contributed by atoms with Crippen molar-refractivity contribution < 1.29 is 22.3 Å². The molecule has 1 amide bonds. The van der Waals surface area contributed by atoms with E-state index in [0.717, 1.165) is 12.8 Å². The molecule has 6 nitrogen and oxygen atoms in total. The fraction of sp³-hybridized carbons (Fsp3) is 0.458. The highest BCUT2D eigenvalue weighted by Gasteiger charge is 2.38. The Hall–Kier alpha value is -2.00. The summed E-state index contributed by atoms with van der Waals surface area (Å²) in [7, 11) is -2.39. The number of alkyl halides is 1. The van der Waals surface area contributed by atoms with Gasteiger partial charge in [0.15, 0.2) is 0 Å². The maximum Gasteiger partial charge on any atom is 0.251 e. The number of nitrogens with zero attached hydrogens (tertiary/aromatic N) is 1. The van der Waals surface area contributed by atoms with Crippen molar-refractivity contribution in [3.05, 3.63) is 64.7 Å². The zero-order valence-corrected chi connectivity index (χ0v) is 20.4. The zero-order chi connectivity index (χ0) is 24.0. The molecule has 9 heteroatoms. The van der Waals surface area contributed by atoms with E-state index in [0.29, 0.717) is 35.6 Å². The molecule has 2 unspecified atom stereocenters. The van der Waals surface area contributed by atoms with Gasteiger partial charge in [-0.2, -0.15) is 4.31 Å². The monoisotopic (exact) mass is 496 g/mol. The fourth-order valence-corrected chi connectivity index (χ4v) is 5.84. The average molecular weight is 497 g/mol. The highest BCUT2D eigenvalue weighted by atomic mass is 35.5. The molecule has 0 bridgehead atoms. The number of hydrogen-bond donors (Lipinski definition) is 1. The van der Waals surface area contributed by atoms with Gasteiger partial charge in [-0.3, -0.25) is 4.79 Å². The summed E-state index contributed by atoms with van der Waals surface area (Å²) >= 11 is 5.92. The van der Waals surface area contributed by atoms with E-state index >= 15 is 0 Å². The van der Waals surface area contributed by atoms with E-state index in [-0.39, 0.29) is 23.4 Å². The third-order valence-corrected chi connectivity index (χ3v) is 7.92. The van der Waals surface area contributed by atoms with Gasteiger partial charge in [0, 0.05) is 30.3 Å². The number of ether oxygens (including phenoxy) is 1. The summed E-state index contributed by atoms with van der Waals surface area (Å²) in [4.78, 5) is 12.5. The average Bonchev–Trinajstić information content (AvgIpc) is 2.79. The molecule has 180 valence electrons. The Morgan fingerprint density at radius 3 is 2.39 bits per heavy atom. The largest absolute Gasteiger partial charge is 0.383 e. The molecule has 33 heavy (non-hydrogen) atoms. The summed E-state index contributed by atoms with van der Waals surface area (Å²) < 4.78 is 48.1. The Balaban J connectivity index is 1.84. The molecule has 2 aromatic carbocycles. The first-order valence-electron chi connectivity index (χ1n) is 11.0. The summed E-state index contributed by atoms with van der Waals surface area (Å²) in [5.41, 5.74) is 1.13. The van der Waals surface area contributed by atoms with Gasteiger partial charge in [-0.25, -0.2) is 12.8 Å². The van der Waals surface area contributed by atoms with Crippen LogP contribution < -0.4 is 5.32 Å². The maximum atomic E-state index is 14.9. The molecule has 1 N–H and O–H groups in total. The Morgan fingerprint density at radius 1 is 1.15 bits per heavy atom. The normalized spacial score (nSPS) is 19.9. The molecular weight excluding hydrogens is 467 g/mol. The number of sulfonamides is 1. The molecule has 1 aliphatic rings. The summed E-state index contributed by atoms with van der Waals surface area (Å²) in [6, 6.07) is 11.7. The van der Waals surface area contributed by atoms with E-state index in [9.17, 15) is 17.6 Å². The second-order valence-electron chi connectivity index (χ2n) is 8.40. The van der Waals surface area contributed by atoms with Crippen LogP contribution in [-0.4, -0.2) is 50.6 Å². The fourth-order valence-electron chi connectivity index (χ4n) is 4.05. The van der Waals surface area contributed by atoms with Gasteiger partial charge in [0.2, 0.25) is 10.0 Å². The van der Waals surface area contributed by atoms with Gasteiger partial charge in [-0.1, -0.05) is 36.6 Å². The van der Waals surface area contributed by atoms with Gasteiger partial charge >= 0.3 is 0 Å². The first-order chi connectivity index (χ1) is 15.7. The van der Waals surface area contributed by atoms with Crippen LogP contribution in [0.5, 0.6) is 0 Å². The predicted octanol–water partition coefficient (Wildman–Crippen LogP) is 4.58. The molecule has 0 radical (unpaired) electrons. The van der Waals surface area contributed by atoms with Crippen molar-refractivity contribution in [1.29, 1.82) is 0 Å². The lowest BCUT2D eigenvalue weighted by Gasteiger charge is -2.35. The SMILES string of the molecule is COC[C@H](C)NC(=O)c1ccc(CN(C2CCCCC2F)S(=O)(=O)c2ccc(Cl)cc2)cc1. The molecule has 0 saturated heterocycles. The molecule has 0 aromatic heterocycles. The second kappa shape index (κ2) is 11.4. The minimum Gasteiger partial charge on any atom is -0.383 e. The van der Waals surface area contributed by atoms with Crippen molar-refractivity contribution >= 4 is 27.5 Å². The van der Waals surface area contributed by atoms with Crippen molar-refractivity contribution in [2.24, 2.45) is 0 Å². The standard InChI is InChI=1S/C24H30ClFN2O4S/c1-17(16-32-2)27-24(29)19-9-7-18(8-10-19)15-28(23-6-4-3-5-22(23)26)33(30,31)21-13-11-20(25)12-14-21/h7-14,17,22-23H,3-6,15-16H2,1-2H3,(H,27,29)/t17-,22?,23?/m0/s1. The molecule has 1 fully saturated rings. The van der Waals surface area contributed by atoms with Crippen LogP contribution in [0, 0.1) is 0 Å². The summed E-state index contributed by atoms with van der Waals surface area (Å²) in [5, 5.41) is 3.26. The topological polar surface area (TPSA) is 75.7 Å². The number of carbonyl (C=O) groups excluding carboxylic acids is 1. The number of halogens is 2. The van der Waals surface area contributed by atoms with Crippen molar-refractivity contribution in [1.82, 2.24) is 9.62 Å². The Labute approximate surface area is 200 Å². The Kier molecular flexibility index (Phi) is 8.87. The maximum absolute atomic E-state index is 14.9. The highest BCUT2D eigenvalue weighted by Crippen LogP contribution is 2.32. The van der Waals surface area contributed by atoms with Crippen molar-refractivity contribution in [2.45, 2.75) is 62.3 Å². The van der Waals surface area contributed by atoms with Crippen LogP contribution in [0.3, 0.4) is 0 Å². The first-order valence-corrected chi connectivity index (χ1v) is 12.8. The number of benzene rings is 2.